The lowest BCUT2D eigenvalue weighted by atomic mass is 9.99. The number of nitrogens with one attached hydrogen (secondary N) is 1. The van der Waals surface area contributed by atoms with Gasteiger partial charge < -0.3 is 10.2 Å². The van der Waals surface area contributed by atoms with Gasteiger partial charge in [0.2, 0.25) is 5.91 Å². The van der Waals surface area contributed by atoms with Gasteiger partial charge in [0.25, 0.3) is 0 Å². The molecule has 9 nitrogen and oxygen atoms in total. The summed E-state index contributed by atoms with van der Waals surface area (Å²) in [6.07, 6.45) is 3.08. The van der Waals surface area contributed by atoms with E-state index < -0.39 is 6.04 Å². The molecule has 5 aromatic rings. The van der Waals surface area contributed by atoms with Crippen LogP contribution in [0.2, 0.25) is 5.02 Å². The Bertz CT molecular complexity index is 2090. The van der Waals surface area contributed by atoms with Crippen LogP contribution in [0.1, 0.15) is 56.8 Å². The lowest BCUT2D eigenvalue weighted by Crippen LogP contribution is -2.59. The van der Waals surface area contributed by atoms with Crippen molar-refractivity contribution in [2.75, 3.05) is 18.0 Å². The molecule has 0 saturated carbocycles. The fraction of sp³-hybridized carbons (Fsp3) is 0.278. The summed E-state index contributed by atoms with van der Waals surface area (Å²) in [6, 6.07) is 17.5. The number of hydrogen-bond donors (Lipinski definition) is 1. The third kappa shape index (κ3) is 5.35. The van der Waals surface area contributed by atoms with E-state index in [4.69, 9.17) is 21.6 Å². The fourth-order valence-electron chi connectivity index (χ4n) is 6.73. The molecule has 1 saturated heterocycles. The van der Waals surface area contributed by atoms with Crippen LogP contribution in [0.25, 0.3) is 16.1 Å². The Kier molecular flexibility index (Phi) is 7.29. The summed E-state index contributed by atoms with van der Waals surface area (Å²) in [5.74, 6) is 2.49. The topological polar surface area (TPSA) is 105 Å². The molecule has 0 spiro atoms. The molecule has 1 amide bonds. The summed E-state index contributed by atoms with van der Waals surface area (Å²) in [5.41, 5.74) is 8.30. The van der Waals surface area contributed by atoms with Gasteiger partial charge in [0.15, 0.2) is 5.82 Å². The van der Waals surface area contributed by atoms with E-state index in [9.17, 15) is 9.59 Å². The number of aryl methyl sites for hydroxylation is 2. The van der Waals surface area contributed by atoms with Gasteiger partial charge >= 0.3 is 0 Å². The number of fused-ring (bicyclic) bond motifs is 4. The van der Waals surface area contributed by atoms with Crippen LogP contribution in [0.5, 0.6) is 0 Å². The van der Waals surface area contributed by atoms with Crippen molar-refractivity contribution in [2.24, 2.45) is 4.99 Å². The first-order valence-corrected chi connectivity index (χ1v) is 16.9. The van der Waals surface area contributed by atoms with Gasteiger partial charge in [0.05, 0.1) is 18.2 Å². The van der Waals surface area contributed by atoms with E-state index in [-0.39, 0.29) is 24.2 Å². The van der Waals surface area contributed by atoms with Crippen molar-refractivity contribution in [1.29, 1.82) is 0 Å². The van der Waals surface area contributed by atoms with Crippen molar-refractivity contribution in [3.8, 4) is 16.1 Å². The zero-order chi connectivity index (χ0) is 32.4. The summed E-state index contributed by atoms with van der Waals surface area (Å²) in [4.78, 5) is 38.6. The highest BCUT2D eigenvalue weighted by Gasteiger charge is 2.34. The van der Waals surface area contributed by atoms with E-state index in [1.54, 1.807) is 11.3 Å². The standard InChI is InChI=1S/C36H32ClN7O2S/c1-19-20(2)47-36-33(19)34(22-6-9-27(37)10-7-22)40-30(35-42-41-21(3)44(35)36)15-32(46)39-28-17-43(18-28)31-11-8-25(16-38-31)23-4-5-24-13-29(45)14-26(24)12-23/h4-12,16,28,30H,13-15,17-18H2,1-3H3,(H,39,46)/t30-/m0/s1. The number of nitrogens with zero attached hydrogens (tertiary/aromatic N) is 6. The molecule has 1 atom stereocenters. The quantitative estimate of drug-likeness (QED) is 0.242. The fourth-order valence-corrected chi connectivity index (χ4v) is 8.07. The smallest absolute Gasteiger partial charge is 0.222 e. The molecule has 8 rings (SSSR count). The van der Waals surface area contributed by atoms with Crippen molar-refractivity contribution in [3.63, 3.8) is 0 Å². The SMILES string of the molecule is Cc1sc2c(c1C)C(c1ccc(Cl)cc1)=N[C@@H](CC(=O)NC1CN(c3ccc(-c4ccc5c(c4)CC(=O)C5)cn3)C1)c1nnc(C)n1-2. The zero-order valence-corrected chi connectivity index (χ0v) is 27.8. The van der Waals surface area contributed by atoms with Crippen LogP contribution < -0.4 is 10.2 Å². The number of Topliss-reactive ketones (excluding diaryl/α,β-unsaturated/α-hetero) is 1. The molecule has 1 N–H and O–H groups in total. The van der Waals surface area contributed by atoms with Gasteiger partial charge in [-0.1, -0.05) is 41.9 Å². The minimum atomic E-state index is -0.510. The van der Waals surface area contributed by atoms with Crippen LogP contribution in [-0.2, 0) is 22.4 Å². The minimum Gasteiger partial charge on any atom is -0.352 e. The molecule has 3 aliphatic rings. The number of aromatic nitrogens is 4. The predicted octanol–water partition coefficient (Wildman–Crippen LogP) is 5.92. The number of amides is 1. The van der Waals surface area contributed by atoms with Gasteiger partial charge in [0.1, 0.15) is 28.5 Å². The van der Waals surface area contributed by atoms with E-state index >= 15 is 0 Å². The van der Waals surface area contributed by atoms with Crippen molar-refractivity contribution in [2.45, 2.75) is 52.1 Å². The first kappa shape index (κ1) is 29.7. The van der Waals surface area contributed by atoms with E-state index in [0.717, 1.165) is 61.3 Å². The number of halogens is 1. The second kappa shape index (κ2) is 11.5. The van der Waals surface area contributed by atoms with Crippen LogP contribution >= 0.6 is 22.9 Å². The average Bonchev–Trinajstić information content (AvgIpc) is 3.67. The van der Waals surface area contributed by atoms with Crippen LogP contribution in [0.15, 0.2) is 65.8 Å². The highest BCUT2D eigenvalue weighted by molar-refractivity contribution is 7.15. The number of benzene rings is 2. The lowest BCUT2D eigenvalue weighted by molar-refractivity contribution is -0.122. The molecule has 236 valence electrons. The van der Waals surface area contributed by atoms with Crippen LogP contribution in [0.3, 0.4) is 0 Å². The number of pyridine rings is 1. The van der Waals surface area contributed by atoms with Crippen molar-refractivity contribution >= 4 is 46.2 Å². The number of aliphatic imine (C=N–C) groups is 1. The number of thiophene rings is 1. The number of hydrogen-bond acceptors (Lipinski definition) is 8. The van der Waals surface area contributed by atoms with Gasteiger partial charge in [0, 0.05) is 58.7 Å². The van der Waals surface area contributed by atoms with Crippen LogP contribution in [0.4, 0.5) is 5.82 Å². The minimum absolute atomic E-state index is 0.00911. The molecule has 1 fully saturated rings. The molecule has 1 aliphatic carbocycles. The lowest BCUT2D eigenvalue weighted by Gasteiger charge is -2.40. The van der Waals surface area contributed by atoms with Crippen molar-refractivity contribution < 1.29 is 9.59 Å². The molecule has 47 heavy (non-hydrogen) atoms. The average molecular weight is 662 g/mol. The third-order valence-corrected chi connectivity index (χ3v) is 10.8. The first-order valence-electron chi connectivity index (χ1n) is 15.7. The van der Waals surface area contributed by atoms with Gasteiger partial charge in [-0.2, -0.15) is 0 Å². The number of carbonyl (C=O) groups excluding carboxylic acids is 2. The molecule has 11 heteroatoms. The Morgan fingerprint density at radius 3 is 2.47 bits per heavy atom. The van der Waals surface area contributed by atoms with Gasteiger partial charge in [-0.15, -0.1) is 21.5 Å². The van der Waals surface area contributed by atoms with Crippen molar-refractivity contribution in [3.05, 3.63) is 110 Å². The summed E-state index contributed by atoms with van der Waals surface area (Å²) in [7, 11) is 0. The molecule has 2 aliphatic heterocycles. The monoisotopic (exact) mass is 661 g/mol. The Hall–Kier alpha value is -4.67. The molecule has 5 heterocycles. The van der Waals surface area contributed by atoms with Crippen LogP contribution in [0, 0.1) is 20.8 Å². The Morgan fingerprint density at radius 1 is 0.957 bits per heavy atom. The van der Waals surface area contributed by atoms with Gasteiger partial charge in [-0.3, -0.25) is 19.1 Å². The van der Waals surface area contributed by atoms with Crippen LogP contribution in [-0.4, -0.2) is 56.3 Å². The summed E-state index contributed by atoms with van der Waals surface area (Å²) >= 11 is 7.92. The number of ketones is 1. The first-order chi connectivity index (χ1) is 22.7. The number of rotatable bonds is 6. The van der Waals surface area contributed by atoms with E-state index in [0.29, 0.717) is 36.8 Å². The largest absolute Gasteiger partial charge is 0.352 e. The number of anilines is 1. The second-order valence-corrected chi connectivity index (χ2v) is 14.2. The molecule has 3 aromatic heterocycles. The Balaban J connectivity index is 0.973. The molecule has 2 aromatic carbocycles. The molecular weight excluding hydrogens is 630 g/mol. The van der Waals surface area contributed by atoms with Gasteiger partial charge in [-0.25, -0.2) is 4.98 Å². The maximum absolute atomic E-state index is 13.5. The summed E-state index contributed by atoms with van der Waals surface area (Å²) in [5, 5.41) is 13.8. The maximum Gasteiger partial charge on any atom is 0.222 e. The molecule has 0 bridgehead atoms. The van der Waals surface area contributed by atoms with E-state index in [2.05, 4.69) is 63.1 Å². The maximum atomic E-state index is 13.5. The van der Waals surface area contributed by atoms with Crippen molar-refractivity contribution in [1.82, 2.24) is 25.1 Å². The number of carbonyl (C=O) groups is 2. The normalized spacial score (nSPS) is 17.0. The van der Waals surface area contributed by atoms with E-state index in [1.165, 1.54) is 4.88 Å². The third-order valence-electron chi connectivity index (χ3n) is 9.37. The van der Waals surface area contributed by atoms with Gasteiger partial charge in [-0.05, 0) is 67.3 Å². The second-order valence-electron chi connectivity index (χ2n) is 12.6. The summed E-state index contributed by atoms with van der Waals surface area (Å²) < 4.78 is 2.06. The molecule has 0 radical (unpaired) electrons. The highest BCUT2D eigenvalue weighted by Crippen LogP contribution is 2.39. The summed E-state index contributed by atoms with van der Waals surface area (Å²) in [6.45, 7) is 7.51. The Morgan fingerprint density at radius 2 is 1.70 bits per heavy atom. The Labute approximate surface area is 281 Å². The predicted molar refractivity (Wildman–Crippen MR) is 184 cm³/mol. The molecular formula is C36H32ClN7O2S. The highest BCUT2D eigenvalue weighted by atomic mass is 35.5. The van der Waals surface area contributed by atoms with E-state index in [1.807, 2.05) is 43.5 Å². The molecule has 0 unspecified atom stereocenters. The zero-order valence-electron chi connectivity index (χ0n) is 26.2.